The zero-order valence-corrected chi connectivity index (χ0v) is 22.2. The molecule has 3 aromatic heterocycles. The van der Waals surface area contributed by atoms with E-state index in [1.54, 1.807) is 0 Å². The van der Waals surface area contributed by atoms with E-state index in [-0.39, 0.29) is 0 Å². The van der Waals surface area contributed by atoms with Gasteiger partial charge >= 0.3 is 0 Å². The smallest absolute Gasteiger partial charge is 0.160 e. The molecule has 5 heteroatoms. The molecule has 2 aromatic carbocycles. The van der Waals surface area contributed by atoms with Crippen LogP contribution < -0.4 is 0 Å². The number of aromatic nitrogens is 4. The van der Waals surface area contributed by atoms with E-state index in [9.17, 15) is 0 Å². The molecule has 192 valence electrons. The van der Waals surface area contributed by atoms with E-state index < -0.39 is 0 Å². The van der Waals surface area contributed by atoms with Crippen molar-refractivity contribution in [1.82, 2.24) is 19.9 Å². The number of aryl methyl sites for hydroxylation is 2. The van der Waals surface area contributed by atoms with Crippen LogP contribution in [0.15, 0.2) is 114 Å². The molecule has 0 saturated carbocycles. The molecule has 1 aliphatic carbocycles. The van der Waals surface area contributed by atoms with Gasteiger partial charge in [0, 0.05) is 28.6 Å². The molecule has 0 saturated heterocycles. The Labute approximate surface area is 233 Å². The summed E-state index contributed by atoms with van der Waals surface area (Å²) in [5.41, 5.74) is 11.8. The van der Waals surface area contributed by atoms with Gasteiger partial charge in [-0.2, -0.15) is 0 Å². The van der Waals surface area contributed by atoms with Crippen molar-refractivity contribution in [3.8, 4) is 45.3 Å². The van der Waals surface area contributed by atoms with Gasteiger partial charge in [0.25, 0.3) is 0 Å². The normalized spacial score (nSPS) is 13.8. The number of allylic oxidation sites excluding steroid dienone is 3. The van der Waals surface area contributed by atoms with E-state index in [0.717, 1.165) is 81.4 Å². The summed E-state index contributed by atoms with van der Waals surface area (Å²) in [6.45, 7) is 2.03. The van der Waals surface area contributed by atoms with E-state index in [4.69, 9.17) is 19.9 Å². The fourth-order valence-electron chi connectivity index (χ4n) is 5.37. The molecule has 0 atom stereocenters. The molecule has 5 aromatic rings. The average molecular weight is 518 g/mol. The Morgan fingerprint density at radius 1 is 0.625 bits per heavy atom. The summed E-state index contributed by atoms with van der Waals surface area (Å²) in [7, 11) is 0. The Morgan fingerprint density at radius 2 is 1.38 bits per heavy atom. The van der Waals surface area contributed by atoms with Crippen LogP contribution in [0.4, 0.5) is 0 Å². The van der Waals surface area contributed by atoms with Crippen molar-refractivity contribution in [2.24, 2.45) is 4.99 Å². The van der Waals surface area contributed by atoms with Gasteiger partial charge in [0.15, 0.2) is 5.82 Å². The molecule has 4 heterocycles. The first-order chi connectivity index (χ1) is 19.7. The molecule has 2 aliphatic rings. The van der Waals surface area contributed by atoms with Crippen molar-refractivity contribution in [3.05, 3.63) is 132 Å². The molecule has 0 N–H and O–H groups in total. The van der Waals surface area contributed by atoms with Crippen molar-refractivity contribution in [1.29, 1.82) is 0 Å². The number of fused-ring (bicyclic) bond motifs is 3. The molecule has 0 bridgehead atoms. The summed E-state index contributed by atoms with van der Waals surface area (Å²) >= 11 is 0. The van der Waals surface area contributed by atoms with Crippen LogP contribution in [0.5, 0.6) is 0 Å². The van der Waals surface area contributed by atoms with Gasteiger partial charge in [-0.3, -0.25) is 9.98 Å². The van der Waals surface area contributed by atoms with E-state index in [1.807, 2.05) is 67.7 Å². The first-order valence-electron chi connectivity index (χ1n) is 13.6. The molecule has 0 fully saturated rings. The summed E-state index contributed by atoms with van der Waals surface area (Å²) in [5.74, 6) is 0.685. The molecule has 0 radical (unpaired) electrons. The monoisotopic (exact) mass is 517 g/mol. The van der Waals surface area contributed by atoms with Crippen LogP contribution in [-0.4, -0.2) is 25.6 Å². The lowest BCUT2D eigenvalue weighted by Crippen LogP contribution is -2.12. The highest BCUT2D eigenvalue weighted by Crippen LogP contribution is 2.38. The second-order valence-corrected chi connectivity index (χ2v) is 10.1. The second kappa shape index (κ2) is 10.3. The highest BCUT2D eigenvalue weighted by molar-refractivity contribution is 6.08. The lowest BCUT2D eigenvalue weighted by Gasteiger charge is -2.22. The van der Waals surface area contributed by atoms with Gasteiger partial charge in [0.05, 0.1) is 34.2 Å². The Kier molecular flexibility index (Phi) is 6.17. The van der Waals surface area contributed by atoms with Crippen molar-refractivity contribution >= 4 is 5.71 Å². The predicted molar refractivity (Wildman–Crippen MR) is 161 cm³/mol. The predicted octanol–water partition coefficient (Wildman–Crippen LogP) is 7.60. The lowest BCUT2D eigenvalue weighted by atomic mass is 9.88. The minimum absolute atomic E-state index is 0.685. The largest absolute Gasteiger partial charge is 0.255 e. The molecular weight excluding hydrogens is 490 g/mol. The Balaban J connectivity index is 1.42. The number of hydrogen-bond acceptors (Lipinski definition) is 5. The van der Waals surface area contributed by atoms with Crippen LogP contribution in [-0.2, 0) is 12.8 Å². The molecule has 5 nitrogen and oxygen atoms in total. The third kappa shape index (κ3) is 4.56. The van der Waals surface area contributed by atoms with Crippen LogP contribution in [0, 0.1) is 6.92 Å². The SMILES string of the molecule is Cc1cc(-c2nc(C3=NC=CCC=C3)cc(-c3ccccc3)n2)c2c(n1)-c1nc(-c3ccccc3)ccc1CC2. The topological polar surface area (TPSA) is 63.9 Å². The van der Waals surface area contributed by atoms with Gasteiger partial charge in [-0.05, 0) is 61.6 Å². The highest BCUT2D eigenvalue weighted by Gasteiger charge is 2.25. The minimum atomic E-state index is 0.685. The summed E-state index contributed by atoms with van der Waals surface area (Å²) in [6, 6.07) is 29.0. The number of aliphatic imine (C=N–C) groups is 1. The minimum Gasteiger partial charge on any atom is -0.255 e. The molecule has 7 rings (SSSR count). The number of rotatable bonds is 4. The summed E-state index contributed by atoms with van der Waals surface area (Å²) < 4.78 is 0. The second-order valence-electron chi connectivity index (χ2n) is 10.1. The van der Waals surface area contributed by atoms with Crippen LogP contribution in [0.3, 0.4) is 0 Å². The first-order valence-corrected chi connectivity index (χ1v) is 13.6. The van der Waals surface area contributed by atoms with Gasteiger partial charge in [-0.15, -0.1) is 0 Å². The number of benzene rings is 2. The Hall–Kier alpha value is -5.03. The lowest BCUT2D eigenvalue weighted by molar-refractivity contribution is 0.906. The fraction of sp³-hybridized carbons (Fsp3) is 0.114. The first kappa shape index (κ1) is 24.0. The number of hydrogen-bond donors (Lipinski definition) is 0. The molecule has 0 amide bonds. The van der Waals surface area contributed by atoms with Gasteiger partial charge in [0.2, 0.25) is 0 Å². The van der Waals surface area contributed by atoms with E-state index in [2.05, 4.69) is 53.5 Å². The van der Waals surface area contributed by atoms with Crippen LogP contribution >= 0.6 is 0 Å². The van der Waals surface area contributed by atoms with Gasteiger partial charge in [0.1, 0.15) is 0 Å². The van der Waals surface area contributed by atoms with Crippen LogP contribution in [0.2, 0.25) is 0 Å². The van der Waals surface area contributed by atoms with Crippen molar-refractivity contribution in [3.63, 3.8) is 0 Å². The van der Waals surface area contributed by atoms with Gasteiger partial charge < -0.3 is 0 Å². The van der Waals surface area contributed by atoms with Crippen molar-refractivity contribution < 1.29 is 0 Å². The third-order valence-corrected chi connectivity index (χ3v) is 7.34. The fourth-order valence-corrected chi connectivity index (χ4v) is 5.37. The van der Waals surface area contributed by atoms with Crippen molar-refractivity contribution in [2.75, 3.05) is 0 Å². The van der Waals surface area contributed by atoms with Crippen molar-refractivity contribution in [2.45, 2.75) is 26.2 Å². The zero-order valence-electron chi connectivity index (χ0n) is 22.2. The van der Waals surface area contributed by atoms with Crippen LogP contribution in [0.25, 0.3) is 45.3 Å². The number of nitrogens with zero attached hydrogens (tertiary/aromatic N) is 5. The van der Waals surface area contributed by atoms with E-state index in [0.29, 0.717) is 5.82 Å². The average Bonchev–Trinajstić information content (AvgIpc) is 3.31. The highest BCUT2D eigenvalue weighted by atomic mass is 14.9. The molecule has 0 spiro atoms. The van der Waals surface area contributed by atoms with Gasteiger partial charge in [-0.25, -0.2) is 15.0 Å². The number of pyridine rings is 2. The van der Waals surface area contributed by atoms with E-state index >= 15 is 0 Å². The van der Waals surface area contributed by atoms with Crippen LogP contribution in [0.1, 0.15) is 28.9 Å². The Bertz CT molecular complexity index is 1820. The van der Waals surface area contributed by atoms with E-state index in [1.165, 1.54) is 5.56 Å². The van der Waals surface area contributed by atoms with Gasteiger partial charge in [-0.1, -0.05) is 78.9 Å². The summed E-state index contributed by atoms with van der Waals surface area (Å²) in [5, 5.41) is 0. The molecule has 40 heavy (non-hydrogen) atoms. The molecule has 1 aliphatic heterocycles. The molecular formula is C35H27N5. The summed E-state index contributed by atoms with van der Waals surface area (Å²) in [6.07, 6.45) is 10.6. The Morgan fingerprint density at radius 3 is 2.17 bits per heavy atom. The standard InChI is InChI=1S/C35H27N5/c1-23-21-28(27-18-16-26-17-19-29(24-11-5-2-6-12-24)38-33(26)34(27)37-23)35-39-31(25-13-7-3-8-14-25)22-32(40-35)30-15-9-4-10-20-36-30/h2-3,5-15,17,19-22H,4,16,18H2,1H3. The maximum atomic E-state index is 5.13. The third-order valence-electron chi connectivity index (χ3n) is 7.34. The maximum Gasteiger partial charge on any atom is 0.160 e. The quantitative estimate of drug-likeness (QED) is 0.246. The zero-order chi connectivity index (χ0) is 26.9. The molecule has 0 unspecified atom stereocenters. The summed E-state index contributed by atoms with van der Waals surface area (Å²) in [4.78, 5) is 25.0. The maximum absolute atomic E-state index is 5.13.